The maximum Gasteiger partial charge on any atom is 0.410 e. The van der Waals surface area contributed by atoms with Crippen LogP contribution in [0.3, 0.4) is 0 Å². The molecular weight excluding hydrogens is 607 g/mol. The number of aryl methyl sites for hydroxylation is 1. The number of carbonyl (C=O) groups is 2. The van der Waals surface area contributed by atoms with Crippen LogP contribution in [0.15, 0.2) is 30.3 Å². The number of carbonyl (C=O) groups excluding carboxylic acids is 2. The van der Waals surface area contributed by atoms with Crippen molar-refractivity contribution in [2.24, 2.45) is 0 Å². The highest BCUT2D eigenvalue weighted by Gasteiger charge is 2.42. The van der Waals surface area contributed by atoms with Crippen molar-refractivity contribution in [2.45, 2.75) is 77.4 Å². The van der Waals surface area contributed by atoms with Crippen LogP contribution in [-0.2, 0) is 14.2 Å². The van der Waals surface area contributed by atoms with E-state index in [1.54, 1.807) is 62.7 Å². The number of pyridine rings is 1. The van der Waals surface area contributed by atoms with E-state index in [1.165, 1.54) is 16.9 Å². The van der Waals surface area contributed by atoms with Gasteiger partial charge >= 0.3 is 12.3 Å². The highest BCUT2D eigenvalue weighted by Crippen LogP contribution is 2.34. The summed E-state index contributed by atoms with van der Waals surface area (Å²) in [6, 6.07) is 7.32. The molecule has 14 heteroatoms. The second-order valence-corrected chi connectivity index (χ2v) is 12.6. The molecule has 0 aliphatic carbocycles. The summed E-state index contributed by atoms with van der Waals surface area (Å²) < 4.78 is 65.2. The van der Waals surface area contributed by atoms with Gasteiger partial charge in [0.15, 0.2) is 18.7 Å². The van der Waals surface area contributed by atoms with Gasteiger partial charge < -0.3 is 28.7 Å². The zero-order chi connectivity index (χ0) is 33.2. The number of aromatic nitrogens is 3. The lowest BCUT2D eigenvalue weighted by Crippen LogP contribution is -2.58. The molecule has 2 fully saturated rings. The second kappa shape index (κ2) is 13.4. The van der Waals surface area contributed by atoms with Crippen LogP contribution in [-0.4, -0.2) is 94.5 Å². The summed E-state index contributed by atoms with van der Waals surface area (Å²) >= 11 is 0. The lowest BCUT2D eigenvalue weighted by molar-refractivity contribution is -0.149. The van der Waals surface area contributed by atoms with E-state index in [2.05, 4.69) is 0 Å². The third-order valence-corrected chi connectivity index (χ3v) is 7.85. The fraction of sp³-hybridized carbons (Fsp3) is 0.562. The molecule has 0 bridgehead atoms. The normalized spacial score (nSPS) is 19.4. The summed E-state index contributed by atoms with van der Waals surface area (Å²) in [6.45, 7) is 7.02. The molecule has 0 spiro atoms. The van der Waals surface area contributed by atoms with E-state index in [0.717, 1.165) is 12.8 Å². The van der Waals surface area contributed by atoms with Crippen LogP contribution in [0.4, 0.5) is 18.0 Å². The fourth-order valence-electron chi connectivity index (χ4n) is 5.81. The third kappa shape index (κ3) is 7.72. The first kappa shape index (κ1) is 33.5. The Morgan fingerprint density at radius 1 is 1.09 bits per heavy atom. The number of benzene rings is 1. The summed E-state index contributed by atoms with van der Waals surface area (Å²) in [4.78, 5) is 34.5. The number of piperazine rings is 1. The van der Waals surface area contributed by atoms with E-state index in [9.17, 15) is 22.8 Å². The van der Waals surface area contributed by atoms with Gasteiger partial charge in [-0.25, -0.2) is 14.5 Å². The summed E-state index contributed by atoms with van der Waals surface area (Å²) in [5, 5.41) is 5.15. The minimum atomic E-state index is -4.58. The van der Waals surface area contributed by atoms with Crippen molar-refractivity contribution in [3.63, 3.8) is 0 Å². The van der Waals surface area contributed by atoms with Crippen molar-refractivity contribution in [3.05, 3.63) is 41.6 Å². The molecule has 2 atom stereocenters. The van der Waals surface area contributed by atoms with Crippen LogP contribution in [0, 0.1) is 6.92 Å². The SMILES string of the molecule is COCOc1ccc(-c2cc(C(=O)N3CCN(C(=O)OC(C)(C)C)CC3CC(F)(F)F)c3c(C)nn([C@H]4CCCCO4)c3n2)cc1. The topological polar surface area (TPSA) is 108 Å². The zero-order valence-corrected chi connectivity index (χ0v) is 26.7. The second-order valence-electron chi connectivity index (χ2n) is 12.6. The zero-order valence-electron chi connectivity index (χ0n) is 26.7. The standard InChI is InChI=1S/C32H40F3N5O6/c1-20-27-24(29(41)39-14-13-38(30(42)46-31(2,3)4)18-22(39)17-32(33,34)35)16-25(21-9-11-23(12-10-21)45-19-43-5)36-28(27)40(37-20)26-8-6-7-15-44-26/h9-12,16,22,26H,6-8,13-15,17-19H2,1-5H3/t22?,26-/m1/s1. The van der Waals surface area contributed by atoms with Gasteiger partial charge in [0.25, 0.3) is 5.91 Å². The van der Waals surface area contributed by atoms with E-state index in [-0.39, 0.29) is 32.0 Å². The number of rotatable bonds is 7. The molecule has 0 radical (unpaired) electrons. The number of ether oxygens (including phenoxy) is 4. The molecule has 11 nitrogen and oxygen atoms in total. The number of hydrogen-bond donors (Lipinski definition) is 0. The van der Waals surface area contributed by atoms with Gasteiger partial charge in [-0.2, -0.15) is 18.3 Å². The van der Waals surface area contributed by atoms with Gasteiger partial charge in [0.1, 0.15) is 11.4 Å². The van der Waals surface area contributed by atoms with Gasteiger partial charge in [-0.3, -0.25) is 4.79 Å². The minimum Gasteiger partial charge on any atom is -0.468 e. The Balaban J connectivity index is 1.57. The summed E-state index contributed by atoms with van der Waals surface area (Å²) in [6.07, 6.45) is -4.41. The average Bonchev–Trinajstić information content (AvgIpc) is 3.34. The summed E-state index contributed by atoms with van der Waals surface area (Å²) in [5.74, 6) is -0.0312. The van der Waals surface area contributed by atoms with Crippen LogP contribution in [0.25, 0.3) is 22.3 Å². The number of amides is 2. The smallest absolute Gasteiger partial charge is 0.410 e. The molecule has 1 aromatic carbocycles. The molecule has 3 aromatic rings. The molecular formula is C32H40F3N5O6. The molecule has 5 rings (SSSR count). The highest BCUT2D eigenvalue weighted by atomic mass is 19.4. The molecule has 2 aliphatic heterocycles. The van der Waals surface area contributed by atoms with E-state index in [4.69, 9.17) is 29.0 Å². The predicted octanol–water partition coefficient (Wildman–Crippen LogP) is 6.10. The first-order chi connectivity index (χ1) is 21.7. The van der Waals surface area contributed by atoms with Gasteiger partial charge in [-0.15, -0.1) is 0 Å². The Morgan fingerprint density at radius 3 is 2.46 bits per heavy atom. The Bertz CT molecular complexity index is 1550. The Labute approximate surface area is 265 Å². The largest absolute Gasteiger partial charge is 0.468 e. The van der Waals surface area contributed by atoms with Crippen LogP contribution in [0.5, 0.6) is 5.75 Å². The number of halogens is 3. The van der Waals surface area contributed by atoms with Crippen molar-refractivity contribution in [2.75, 3.05) is 40.1 Å². The molecule has 2 amide bonds. The van der Waals surface area contributed by atoms with Crippen molar-refractivity contribution in [1.29, 1.82) is 0 Å². The van der Waals surface area contributed by atoms with E-state index < -0.39 is 42.5 Å². The van der Waals surface area contributed by atoms with Crippen LogP contribution < -0.4 is 4.74 Å². The van der Waals surface area contributed by atoms with E-state index in [1.807, 2.05) is 0 Å². The molecule has 46 heavy (non-hydrogen) atoms. The van der Waals surface area contributed by atoms with Gasteiger partial charge in [-0.1, -0.05) is 0 Å². The molecule has 2 aromatic heterocycles. The number of fused-ring (bicyclic) bond motifs is 1. The summed E-state index contributed by atoms with van der Waals surface area (Å²) in [5.41, 5.74) is 1.37. The maximum absolute atomic E-state index is 14.4. The maximum atomic E-state index is 14.4. The fourth-order valence-corrected chi connectivity index (χ4v) is 5.81. The lowest BCUT2D eigenvalue weighted by atomic mass is 10.0. The lowest BCUT2D eigenvalue weighted by Gasteiger charge is -2.42. The molecule has 0 N–H and O–H groups in total. The van der Waals surface area contributed by atoms with Gasteiger partial charge in [-0.05, 0) is 77.3 Å². The molecule has 2 saturated heterocycles. The first-order valence-electron chi connectivity index (χ1n) is 15.3. The van der Waals surface area contributed by atoms with Crippen molar-refractivity contribution in [1.82, 2.24) is 24.6 Å². The molecule has 4 heterocycles. The predicted molar refractivity (Wildman–Crippen MR) is 162 cm³/mol. The number of nitrogens with zero attached hydrogens (tertiary/aromatic N) is 5. The van der Waals surface area contributed by atoms with Gasteiger partial charge in [0.2, 0.25) is 0 Å². The van der Waals surface area contributed by atoms with Gasteiger partial charge in [0.05, 0.1) is 34.8 Å². The average molecular weight is 648 g/mol. The highest BCUT2D eigenvalue weighted by molar-refractivity contribution is 6.07. The number of methoxy groups -OCH3 is 1. The monoisotopic (exact) mass is 647 g/mol. The van der Waals surface area contributed by atoms with E-state index >= 15 is 0 Å². The van der Waals surface area contributed by atoms with Crippen molar-refractivity contribution >= 4 is 23.0 Å². The molecule has 0 saturated carbocycles. The summed E-state index contributed by atoms with van der Waals surface area (Å²) in [7, 11) is 1.52. The van der Waals surface area contributed by atoms with Gasteiger partial charge in [0, 0.05) is 38.9 Å². The van der Waals surface area contributed by atoms with Crippen LogP contribution >= 0.6 is 0 Å². The molecule has 2 aliphatic rings. The van der Waals surface area contributed by atoms with Crippen LogP contribution in [0.2, 0.25) is 0 Å². The van der Waals surface area contributed by atoms with Crippen molar-refractivity contribution < 1.29 is 41.7 Å². The quantitative estimate of drug-likeness (QED) is 0.283. The van der Waals surface area contributed by atoms with Crippen molar-refractivity contribution in [3.8, 4) is 17.0 Å². The number of alkyl halides is 3. The molecule has 250 valence electrons. The number of hydrogen-bond acceptors (Lipinski definition) is 8. The molecule has 1 unspecified atom stereocenters. The first-order valence-corrected chi connectivity index (χ1v) is 15.3. The van der Waals surface area contributed by atoms with Crippen LogP contribution in [0.1, 0.15) is 68.7 Å². The van der Waals surface area contributed by atoms with E-state index in [0.29, 0.717) is 46.8 Å². The Hall–Kier alpha value is -3.91. The Morgan fingerprint density at radius 2 is 1.83 bits per heavy atom. The Kier molecular flexibility index (Phi) is 9.78. The minimum absolute atomic E-state index is 0.0210. The third-order valence-electron chi connectivity index (χ3n) is 7.85.